The highest BCUT2D eigenvalue weighted by Crippen LogP contribution is 2.33. The molecule has 3 aromatic rings. The molecule has 0 atom stereocenters. The van der Waals surface area contributed by atoms with E-state index >= 15 is 0 Å². The van der Waals surface area contributed by atoms with E-state index in [1.807, 2.05) is 11.4 Å². The molecule has 2 aromatic heterocycles. The van der Waals surface area contributed by atoms with Crippen LogP contribution in [0.2, 0.25) is 5.02 Å². The monoisotopic (exact) mass is 530 g/mol. The van der Waals surface area contributed by atoms with Gasteiger partial charge < -0.3 is 16.0 Å². The third-order valence-corrected chi connectivity index (χ3v) is 8.60. The lowest BCUT2D eigenvalue weighted by molar-refractivity contribution is 0.477. The van der Waals surface area contributed by atoms with Crippen LogP contribution in [0.15, 0.2) is 29.6 Å². The molecule has 3 heterocycles. The van der Waals surface area contributed by atoms with E-state index in [0.717, 1.165) is 36.1 Å². The fourth-order valence-corrected chi connectivity index (χ4v) is 5.04. The first-order valence-corrected chi connectivity index (χ1v) is 13.2. The van der Waals surface area contributed by atoms with Crippen LogP contribution >= 0.6 is 35.3 Å². The van der Waals surface area contributed by atoms with E-state index in [2.05, 4.69) is 25.7 Å². The van der Waals surface area contributed by atoms with Gasteiger partial charge in [0.2, 0.25) is 16.0 Å². The van der Waals surface area contributed by atoms with Gasteiger partial charge in [0, 0.05) is 11.7 Å². The second-order valence-electron chi connectivity index (χ2n) is 8.74. The minimum Gasteiger partial charge on any atom is -0.351 e. The summed E-state index contributed by atoms with van der Waals surface area (Å²) in [4.78, 5) is 9.37. The molecule has 0 radical (unpaired) electrons. The molecule has 12 heteroatoms. The lowest BCUT2D eigenvalue weighted by atomic mass is 10.1. The van der Waals surface area contributed by atoms with Crippen LogP contribution in [0, 0.1) is 0 Å². The van der Waals surface area contributed by atoms with Crippen LogP contribution in [-0.2, 0) is 10.0 Å². The van der Waals surface area contributed by atoms with Gasteiger partial charge in [0.1, 0.15) is 0 Å². The number of fused-ring (bicyclic) bond motifs is 1. The highest BCUT2D eigenvalue weighted by Gasteiger charge is 2.29. The van der Waals surface area contributed by atoms with E-state index in [1.165, 1.54) is 0 Å². The molecule has 0 aliphatic carbocycles. The van der Waals surface area contributed by atoms with Crippen molar-refractivity contribution in [3.05, 3.63) is 34.7 Å². The highest BCUT2D eigenvalue weighted by atomic mass is 35.5. The number of halogens is 2. The Kier molecular flexibility index (Phi) is 7.95. The maximum atomic E-state index is 12.6. The summed E-state index contributed by atoms with van der Waals surface area (Å²) < 4.78 is 27.7. The molecule has 1 aliphatic heterocycles. The van der Waals surface area contributed by atoms with Crippen molar-refractivity contribution in [1.29, 1.82) is 0 Å². The van der Waals surface area contributed by atoms with Crippen molar-refractivity contribution < 1.29 is 8.42 Å². The lowest BCUT2D eigenvalue weighted by Gasteiger charge is -2.24. The highest BCUT2D eigenvalue weighted by molar-refractivity contribution is 7.94. The average molecular weight is 532 g/mol. The second-order valence-corrected chi connectivity index (χ2v) is 12.5. The van der Waals surface area contributed by atoms with E-state index in [9.17, 15) is 8.42 Å². The maximum absolute atomic E-state index is 12.6. The molecule has 1 fully saturated rings. The number of anilines is 4. The van der Waals surface area contributed by atoms with Crippen LogP contribution in [0.3, 0.4) is 0 Å². The number of rotatable bonds is 6. The van der Waals surface area contributed by atoms with Crippen molar-refractivity contribution in [2.24, 2.45) is 0 Å². The summed E-state index contributed by atoms with van der Waals surface area (Å²) in [5.74, 6) is 1.24. The molecule has 4 rings (SSSR count). The number of thiophene rings is 1. The molecular weight excluding hydrogens is 503 g/mol. The van der Waals surface area contributed by atoms with E-state index in [-0.39, 0.29) is 12.4 Å². The lowest BCUT2D eigenvalue weighted by Crippen LogP contribution is -2.35. The average Bonchev–Trinajstić information content (AvgIpc) is 3.19. The van der Waals surface area contributed by atoms with E-state index < -0.39 is 14.8 Å². The van der Waals surface area contributed by atoms with Crippen LogP contribution in [-0.4, -0.2) is 42.3 Å². The Morgan fingerprint density at radius 2 is 1.88 bits per heavy atom. The number of aromatic nitrogens is 2. The predicted octanol–water partition coefficient (Wildman–Crippen LogP) is 5.21. The third-order valence-electron chi connectivity index (χ3n) is 5.26. The van der Waals surface area contributed by atoms with Gasteiger partial charge in [0.25, 0.3) is 0 Å². The predicted molar refractivity (Wildman–Crippen MR) is 141 cm³/mol. The molecule has 180 valence electrons. The molecule has 33 heavy (non-hydrogen) atoms. The number of piperidine rings is 1. The summed E-state index contributed by atoms with van der Waals surface area (Å²) in [6, 6.07) is 7.41. The molecule has 0 saturated carbocycles. The van der Waals surface area contributed by atoms with Gasteiger partial charge in [0.15, 0.2) is 5.82 Å². The largest absolute Gasteiger partial charge is 0.351 e. The Morgan fingerprint density at radius 1 is 1.15 bits per heavy atom. The molecule has 8 nitrogen and oxygen atoms in total. The van der Waals surface area contributed by atoms with Gasteiger partial charge in [-0.2, -0.15) is 4.98 Å². The molecule has 0 spiro atoms. The Morgan fingerprint density at radius 3 is 2.58 bits per heavy atom. The summed E-state index contributed by atoms with van der Waals surface area (Å²) in [6.07, 6.45) is 2.03. The van der Waals surface area contributed by atoms with E-state index in [0.29, 0.717) is 34.2 Å². The third kappa shape index (κ3) is 5.99. The first kappa shape index (κ1) is 25.8. The van der Waals surface area contributed by atoms with Gasteiger partial charge in [-0.3, -0.25) is 4.72 Å². The minimum atomic E-state index is -3.61. The number of nitrogens with one attached hydrogen (secondary N) is 4. The van der Waals surface area contributed by atoms with Crippen LogP contribution in [0.25, 0.3) is 10.2 Å². The Bertz CT molecular complexity index is 1220. The first-order valence-electron chi connectivity index (χ1n) is 10.4. The number of hydrogen-bond acceptors (Lipinski definition) is 8. The van der Waals surface area contributed by atoms with Crippen molar-refractivity contribution in [3.63, 3.8) is 0 Å². The smallest absolute Gasteiger partial charge is 0.237 e. The summed E-state index contributed by atoms with van der Waals surface area (Å²) in [7, 11) is -3.61. The standard InChI is InChI=1S/C21H27ClN6O2S2.ClH/c1-21(2,3)32(29,30)28-17-12-14(4-5-15(17)22)24-19-18-16(8-11-31-18)26-20(27-19)25-13-6-9-23-10-7-13;/h4-5,8,11-13,23,28H,6-7,9-10H2,1-3H3,(H2,24,25,26,27);1H. The Balaban J connectivity index is 0.00000306. The topological polar surface area (TPSA) is 108 Å². The molecule has 4 N–H and O–H groups in total. The van der Waals surface area contributed by atoms with E-state index in [4.69, 9.17) is 16.6 Å². The number of sulfonamides is 1. The SMILES string of the molecule is CC(C)(C)S(=O)(=O)Nc1cc(Nc2nc(NC3CCNCC3)nc3ccsc23)ccc1Cl.Cl. The number of hydrogen-bond donors (Lipinski definition) is 4. The molecule has 0 unspecified atom stereocenters. The van der Waals surface area contributed by atoms with Crippen LogP contribution in [0.4, 0.5) is 23.1 Å². The minimum absolute atomic E-state index is 0. The summed E-state index contributed by atoms with van der Waals surface area (Å²) >= 11 is 7.82. The molecule has 1 aliphatic rings. The van der Waals surface area contributed by atoms with Crippen molar-refractivity contribution in [2.75, 3.05) is 28.4 Å². The zero-order chi connectivity index (χ0) is 22.9. The molecular formula is C21H28Cl2N6O2S2. The van der Waals surface area contributed by atoms with Gasteiger partial charge in [-0.05, 0) is 76.3 Å². The Labute approximate surface area is 209 Å². The second kappa shape index (κ2) is 10.2. The Hall–Kier alpha value is -1.85. The van der Waals surface area contributed by atoms with E-state index in [1.54, 1.807) is 50.3 Å². The first-order chi connectivity index (χ1) is 15.1. The van der Waals surface area contributed by atoms with Crippen LogP contribution < -0.4 is 20.7 Å². The van der Waals surface area contributed by atoms with Crippen molar-refractivity contribution in [2.45, 2.75) is 44.4 Å². The van der Waals surface area contributed by atoms with Crippen LogP contribution in [0.5, 0.6) is 0 Å². The van der Waals surface area contributed by atoms with Gasteiger partial charge in [-0.1, -0.05) is 11.6 Å². The molecule has 0 amide bonds. The van der Waals surface area contributed by atoms with Crippen LogP contribution in [0.1, 0.15) is 33.6 Å². The molecule has 0 bridgehead atoms. The normalized spacial score (nSPS) is 15.2. The summed E-state index contributed by atoms with van der Waals surface area (Å²) in [5, 5.41) is 12.4. The zero-order valence-electron chi connectivity index (χ0n) is 18.6. The van der Waals surface area contributed by atoms with Gasteiger partial charge in [-0.15, -0.1) is 23.7 Å². The van der Waals surface area contributed by atoms with Crippen molar-refractivity contribution in [3.8, 4) is 0 Å². The molecule has 1 aromatic carbocycles. The number of nitrogens with zero attached hydrogens (tertiary/aromatic N) is 2. The summed E-state index contributed by atoms with van der Waals surface area (Å²) in [5.41, 5.74) is 1.84. The van der Waals surface area contributed by atoms with Crippen molar-refractivity contribution >= 4 is 78.7 Å². The zero-order valence-corrected chi connectivity index (χ0v) is 21.8. The fourth-order valence-electron chi connectivity index (χ4n) is 3.28. The quantitative estimate of drug-likeness (QED) is 0.346. The van der Waals surface area contributed by atoms with Crippen molar-refractivity contribution in [1.82, 2.24) is 15.3 Å². The number of benzene rings is 1. The van der Waals surface area contributed by atoms with Gasteiger partial charge in [0.05, 0.1) is 25.7 Å². The maximum Gasteiger partial charge on any atom is 0.237 e. The van der Waals surface area contributed by atoms with Gasteiger partial charge >= 0.3 is 0 Å². The molecule has 1 saturated heterocycles. The summed E-state index contributed by atoms with van der Waals surface area (Å²) in [6.45, 7) is 6.85. The van der Waals surface area contributed by atoms with Gasteiger partial charge in [-0.25, -0.2) is 13.4 Å². The fraction of sp³-hybridized carbons (Fsp3) is 0.429.